The van der Waals surface area contributed by atoms with Crippen molar-refractivity contribution in [1.29, 1.82) is 0 Å². The van der Waals surface area contributed by atoms with Crippen molar-refractivity contribution in [3.05, 3.63) is 18.3 Å². The fourth-order valence-corrected chi connectivity index (χ4v) is 2.98. The van der Waals surface area contributed by atoms with Crippen molar-refractivity contribution >= 4 is 23.3 Å². The van der Waals surface area contributed by atoms with Crippen LogP contribution in [0.1, 0.15) is 13.8 Å². The van der Waals surface area contributed by atoms with Gasteiger partial charge in [-0.3, -0.25) is 0 Å². The molecule has 0 saturated carbocycles. The molecule has 15 heavy (non-hydrogen) atoms. The van der Waals surface area contributed by atoms with Gasteiger partial charge in [0.15, 0.2) is 5.82 Å². The van der Waals surface area contributed by atoms with Gasteiger partial charge < -0.3 is 10.6 Å². The first-order chi connectivity index (χ1) is 7.20. The van der Waals surface area contributed by atoms with Crippen molar-refractivity contribution in [3.8, 4) is 0 Å². The van der Waals surface area contributed by atoms with Crippen LogP contribution in [0.3, 0.4) is 0 Å². The minimum atomic E-state index is 0.501. The zero-order valence-corrected chi connectivity index (χ0v) is 10.00. The predicted octanol–water partition coefficient (Wildman–Crippen LogP) is 1.99. The molecule has 1 aliphatic heterocycles. The maximum atomic E-state index is 5.95. The van der Waals surface area contributed by atoms with Crippen LogP contribution < -0.4 is 10.6 Å². The van der Waals surface area contributed by atoms with Gasteiger partial charge in [0.05, 0.1) is 5.69 Å². The number of rotatable bonds is 1. The Hall–Kier alpha value is -0.900. The fourth-order valence-electron chi connectivity index (χ4n) is 1.88. The lowest BCUT2D eigenvalue weighted by Crippen LogP contribution is -2.45. The van der Waals surface area contributed by atoms with Gasteiger partial charge in [0, 0.05) is 29.8 Å². The lowest BCUT2D eigenvalue weighted by atomic mass is 10.2. The Balaban J connectivity index is 2.26. The summed E-state index contributed by atoms with van der Waals surface area (Å²) in [5.41, 5.74) is 6.73. The van der Waals surface area contributed by atoms with E-state index in [-0.39, 0.29) is 0 Å². The molecule has 2 heterocycles. The van der Waals surface area contributed by atoms with Crippen LogP contribution in [0.15, 0.2) is 18.3 Å². The molecule has 2 unspecified atom stereocenters. The van der Waals surface area contributed by atoms with E-state index in [1.807, 2.05) is 30.1 Å². The molecule has 0 bridgehead atoms. The molecule has 0 radical (unpaired) electrons. The van der Waals surface area contributed by atoms with Crippen molar-refractivity contribution in [2.75, 3.05) is 22.9 Å². The first-order valence-electron chi connectivity index (χ1n) is 5.29. The van der Waals surface area contributed by atoms with Crippen LogP contribution in [0, 0.1) is 0 Å². The van der Waals surface area contributed by atoms with Gasteiger partial charge in [-0.05, 0) is 19.1 Å². The Morgan fingerprint density at radius 1 is 1.53 bits per heavy atom. The van der Waals surface area contributed by atoms with E-state index in [1.165, 1.54) is 0 Å². The number of nitrogen functional groups attached to an aromatic ring is 1. The average Bonchev–Trinajstić information content (AvgIpc) is 2.23. The van der Waals surface area contributed by atoms with E-state index in [0.717, 1.165) is 23.8 Å². The molecular formula is C11H17N3S. The van der Waals surface area contributed by atoms with Crippen LogP contribution >= 0.6 is 11.8 Å². The van der Waals surface area contributed by atoms with Gasteiger partial charge in [0.25, 0.3) is 0 Å². The topological polar surface area (TPSA) is 42.2 Å². The quantitative estimate of drug-likeness (QED) is 0.790. The highest BCUT2D eigenvalue weighted by Crippen LogP contribution is 2.30. The standard InChI is InChI=1S/C11H17N3S/c1-8-9(2)15-7-6-14(8)11-10(12)4-3-5-13-11/h3-5,8-9H,6-7,12H2,1-2H3. The van der Waals surface area contributed by atoms with Crippen LogP contribution in [0.5, 0.6) is 0 Å². The van der Waals surface area contributed by atoms with Crippen molar-refractivity contribution in [2.45, 2.75) is 25.1 Å². The van der Waals surface area contributed by atoms with E-state index < -0.39 is 0 Å². The van der Waals surface area contributed by atoms with E-state index in [4.69, 9.17) is 5.73 Å². The Morgan fingerprint density at radius 2 is 2.33 bits per heavy atom. The third kappa shape index (κ3) is 2.04. The van der Waals surface area contributed by atoms with Gasteiger partial charge in [-0.2, -0.15) is 11.8 Å². The summed E-state index contributed by atoms with van der Waals surface area (Å²) in [5, 5.41) is 0.639. The first-order valence-corrected chi connectivity index (χ1v) is 6.34. The van der Waals surface area contributed by atoms with Gasteiger partial charge in [0.1, 0.15) is 0 Å². The number of hydrogen-bond donors (Lipinski definition) is 1. The largest absolute Gasteiger partial charge is 0.396 e. The van der Waals surface area contributed by atoms with E-state index >= 15 is 0 Å². The molecule has 0 aliphatic carbocycles. The minimum Gasteiger partial charge on any atom is -0.396 e. The molecule has 1 aromatic rings. The Bertz CT molecular complexity index is 342. The lowest BCUT2D eigenvalue weighted by Gasteiger charge is -2.38. The van der Waals surface area contributed by atoms with Crippen LogP contribution in [-0.2, 0) is 0 Å². The molecule has 1 fully saturated rings. The third-order valence-corrected chi connectivity index (χ3v) is 4.31. The van der Waals surface area contributed by atoms with Crippen molar-refractivity contribution < 1.29 is 0 Å². The van der Waals surface area contributed by atoms with Crippen LogP contribution in [-0.4, -0.2) is 28.6 Å². The maximum Gasteiger partial charge on any atom is 0.152 e. The van der Waals surface area contributed by atoms with E-state index in [2.05, 4.69) is 23.7 Å². The third-order valence-electron chi connectivity index (χ3n) is 2.97. The summed E-state index contributed by atoms with van der Waals surface area (Å²) < 4.78 is 0. The average molecular weight is 223 g/mol. The molecule has 2 atom stereocenters. The van der Waals surface area contributed by atoms with Gasteiger partial charge >= 0.3 is 0 Å². The summed E-state index contributed by atoms with van der Waals surface area (Å²) in [7, 11) is 0. The van der Waals surface area contributed by atoms with Crippen LogP contribution in [0.25, 0.3) is 0 Å². The highest BCUT2D eigenvalue weighted by Gasteiger charge is 2.26. The molecule has 1 aliphatic rings. The number of aromatic nitrogens is 1. The highest BCUT2D eigenvalue weighted by atomic mass is 32.2. The molecule has 0 amide bonds. The number of thioether (sulfide) groups is 1. The molecule has 2 N–H and O–H groups in total. The van der Waals surface area contributed by atoms with Gasteiger partial charge in [0.2, 0.25) is 0 Å². The molecule has 1 saturated heterocycles. The number of hydrogen-bond acceptors (Lipinski definition) is 4. The zero-order valence-electron chi connectivity index (χ0n) is 9.18. The Kier molecular flexibility index (Phi) is 3.05. The molecule has 4 heteroatoms. The fraction of sp³-hybridized carbons (Fsp3) is 0.545. The number of nitrogens with zero attached hydrogens (tertiary/aromatic N) is 2. The molecule has 0 aromatic carbocycles. The Morgan fingerprint density at radius 3 is 3.07 bits per heavy atom. The van der Waals surface area contributed by atoms with Crippen LogP contribution in [0.2, 0.25) is 0 Å². The normalized spacial score (nSPS) is 26.7. The smallest absolute Gasteiger partial charge is 0.152 e. The SMILES string of the molecule is CC1SCCN(c2ncccc2N)C1C. The van der Waals surface area contributed by atoms with Crippen LogP contribution in [0.4, 0.5) is 11.5 Å². The molecule has 82 valence electrons. The summed E-state index contributed by atoms with van der Waals surface area (Å²) in [6.07, 6.45) is 1.81. The van der Waals surface area contributed by atoms with Crippen molar-refractivity contribution in [2.24, 2.45) is 0 Å². The number of pyridine rings is 1. The van der Waals surface area contributed by atoms with Crippen molar-refractivity contribution in [3.63, 3.8) is 0 Å². The van der Waals surface area contributed by atoms with E-state index in [9.17, 15) is 0 Å². The second-order valence-electron chi connectivity index (χ2n) is 3.93. The molecule has 1 aromatic heterocycles. The molecular weight excluding hydrogens is 206 g/mol. The second kappa shape index (κ2) is 4.31. The lowest BCUT2D eigenvalue weighted by molar-refractivity contribution is 0.621. The monoisotopic (exact) mass is 223 g/mol. The second-order valence-corrected chi connectivity index (χ2v) is 5.41. The molecule has 3 nitrogen and oxygen atoms in total. The number of nitrogens with two attached hydrogens (primary N) is 1. The Labute approximate surface area is 95.1 Å². The minimum absolute atomic E-state index is 0.501. The highest BCUT2D eigenvalue weighted by molar-refractivity contribution is 8.00. The summed E-state index contributed by atoms with van der Waals surface area (Å²) in [5.74, 6) is 2.10. The summed E-state index contributed by atoms with van der Waals surface area (Å²) in [6.45, 7) is 5.54. The predicted molar refractivity (Wildman–Crippen MR) is 67.4 cm³/mol. The summed E-state index contributed by atoms with van der Waals surface area (Å²) >= 11 is 2.02. The molecule has 2 rings (SSSR count). The van der Waals surface area contributed by atoms with Gasteiger partial charge in [-0.25, -0.2) is 4.98 Å². The van der Waals surface area contributed by atoms with E-state index in [0.29, 0.717) is 11.3 Å². The first kappa shape index (κ1) is 10.6. The molecule has 0 spiro atoms. The maximum absolute atomic E-state index is 5.95. The van der Waals surface area contributed by atoms with Gasteiger partial charge in [-0.15, -0.1) is 0 Å². The summed E-state index contributed by atoms with van der Waals surface area (Å²) in [4.78, 5) is 6.69. The zero-order chi connectivity index (χ0) is 10.8. The number of anilines is 2. The summed E-state index contributed by atoms with van der Waals surface area (Å²) in [6, 6.07) is 4.30. The van der Waals surface area contributed by atoms with E-state index in [1.54, 1.807) is 0 Å². The van der Waals surface area contributed by atoms with Crippen molar-refractivity contribution in [1.82, 2.24) is 4.98 Å². The van der Waals surface area contributed by atoms with Gasteiger partial charge in [-0.1, -0.05) is 6.92 Å².